The van der Waals surface area contributed by atoms with Crippen LogP contribution in [0.25, 0.3) is 0 Å². The lowest BCUT2D eigenvalue weighted by atomic mass is 10.3. The van der Waals surface area contributed by atoms with E-state index in [1.807, 2.05) is 13.8 Å². The summed E-state index contributed by atoms with van der Waals surface area (Å²) in [5.74, 6) is -0.498. The number of hydrogen-bond donors (Lipinski definition) is 1. The minimum absolute atomic E-state index is 0.0794. The number of hydrogen-bond acceptors (Lipinski definition) is 5. The van der Waals surface area contributed by atoms with Crippen LogP contribution in [0.1, 0.15) is 24.4 Å². The number of amides is 1. The zero-order chi connectivity index (χ0) is 15.3. The van der Waals surface area contributed by atoms with Crippen molar-refractivity contribution >= 4 is 31.9 Å². The highest BCUT2D eigenvalue weighted by Gasteiger charge is 2.24. The zero-order valence-electron chi connectivity index (χ0n) is 11.3. The molecule has 0 aliphatic carbocycles. The normalized spacial score (nSPS) is 11.6. The Morgan fingerprint density at radius 2 is 2.15 bits per heavy atom. The zero-order valence-corrected chi connectivity index (χ0v) is 13.7. The van der Waals surface area contributed by atoms with Crippen LogP contribution in [-0.2, 0) is 14.8 Å². The number of furan rings is 1. The topological polar surface area (TPSA) is 103 Å². The number of primary sulfonamides is 1. The number of carbonyl (C=O) groups is 1. The Labute approximate surface area is 126 Å². The average molecular weight is 369 g/mol. The highest BCUT2D eigenvalue weighted by Crippen LogP contribution is 2.25. The van der Waals surface area contributed by atoms with Crippen molar-refractivity contribution in [2.75, 3.05) is 26.3 Å². The Kier molecular flexibility index (Phi) is 6.18. The smallest absolute Gasteiger partial charge is 0.289 e. The van der Waals surface area contributed by atoms with Crippen LogP contribution in [0.15, 0.2) is 20.0 Å². The maximum atomic E-state index is 12.2. The number of sulfonamides is 1. The summed E-state index contributed by atoms with van der Waals surface area (Å²) >= 11 is 2.93. The van der Waals surface area contributed by atoms with E-state index >= 15 is 0 Å². The Balaban J connectivity index is 2.91. The van der Waals surface area contributed by atoms with E-state index in [4.69, 9.17) is 14.3 Å². The summed E-state index contributed by atoms with van der Waals surface area (Å²) in [4.78, 5) is 13.4. The predicted octanol–water partition coefficient (Wildman–Crippen LogP) is 1.19. The number of ether oxygens (including phenoxy) is 1. The molecule has 0 radical (unpaired) electrons. The van der Waals surface area contributed by atoms with Gasteiger partial charge in [-0.25, -0.2) is 13.6 Å². The molecule has 20 heavy (non-hydrogen) atoms. The first-order valence-electron chi connectivity index (χ1n) is 6.00. The van der Waals surface area contributed by atoms with E-state index in [0.717, 1.165) is 6.07 Å². The predicted molar refractivity (Wildman–Crippen MR) is 75.9 cm³/mol. The molecule has 0 fully saturated rings. The van der Waals surface area contributed by atoms with E-state index in [2.05, 4.69) is 15.9 Å². The minimum Gasteiger partial charge on any atom is -0.443 e. The van der Waals surface area contributed by atoms with Gasteiger partial charge in [-0.2, -0.15) is 0 Å². The lowest BCUT2D eigenvalue weighted by Crippen LogP contribution is -2.33. The van der Waals surface area contributed by atoms with Gasteiger partial charge in [-0.1, -0.05) is 0 Å². The van der Waals surface area contributed by atoms with Crippen molar-refractivity contribution in [2.45, 2.75) is 18.7 Å². The highest BCUT2D eigenvalue weighted by molar-refractivity contribution is 9.10. The van der Waals surface area contributed by atoms with Crippen LogP contribution < -0.4 is 5.14 Å². The van der Waals surface area contributed by atoms with Crippen LogP contribution in [-0.4, -0.2) is 45.5 Å². The van der Waals surface area contributed by atoms with Crippen molar-refractivity contribution in [1.82, 2.24) is 4.90 Å². The molecule has 0 atom stereocenters. The summed E-state index contributed by atoms with van der Waals surface area (Å²) in [5.41, 5.74) is 0. The Bertz CT molecular complexity index is 569. The summed E-state index contributed by atoms with van der Waals surface area (Å²) in [6, 6.07) is 1.12. The second kappa shape index (κ2) is 7.21. The molecule has 0 aliphatic rings. The van der Waals surface area contributed by atoms with Crippen molar-refractivity contribution in [3.05, 3.63) is 16.5 Å². The number of likely N-dealkylation sites (N-methyl/N-ethyl adjacent to an activating group) is 1. The van der Waals surface area contributed by atoms with Gasteiger partial charge < -0.3 is 14.1 Å². The van der Waals surface area contributed by atoms with E-state index in [9.17, 15) is 13.2 Å². The molecule has 1 amide bonds. The Hall–Kier alpha value is -0.900. The first-order valence-corrected chi connectivity index (χ1v) is 8.34. The Morgan fingerprint density at radius 3 is 2.60 bits per heavy atom. The summed E-state index contributed by atoms with van der Waals surface area (Å²) in [5, 5.41) is 5.02. The van der Waals surface area contributed by atoms with Crippen LogP contribution in [0, 0.1) is 0 Å². The molecule has 0 saturated carbocycles. The van der Waals surface area contributed by atoms with E-state index in [1.165, 1.54) is 4.90 Å². The Morgan fingerprint density at radius 1 is 1.50 bits per heavy atom. The number of nitrogens with zero attached hydrogens (tertiary/aromatic N) is 1. The standard InChI is InChI=1S/C11H17BrN2O5S/c1-3-14(5-6-18-4-2)11(15)8-7-9(10(12)19-8)20(13,16)17/h7H,3-6H2,1-2H3,(H2,13,16,17). The summed E-state index contributed by atoms with van der Waals surface area (Å²) in [7, 11) is -3.94. The molecule has 1 rings (SSSR count). The van der Waals surface area contributed by atoms with Gasteiger partial charge in [0.05, 0.1) is 6.61 Å². The third kappa shape index (κ3) is 4.30. The second-order valence-electron chi connectivity index (χ2n) is 3.88. The highest BCUT2D eigenvalue weighted by atomic mass is 79.9. The fraction of sp³-hybridized carbons (Fsp3) is 0.545. The lowest BCUT2D eigenvalue weighted by molar-refractivity contribution is 0.0639. The van der Waals surface area contributed by atoms with Crippen LogP contribution in [0.5, 0.6) is 0 Å². The molecule has 0 aliphatic heterocycles. The van der Waals surface area contributed by atoms with Crippen molar-refractivity contribution in [1.29, 1.82) is 0 Å². The van der Waals surface area contributed by atoms with Crippen molar-refractivity contribution in [3.63, 3.8) is 0 Å². The number of carbonyl (C=O) groups excluding carboxylic acids is 1. The molecule has 0 bridgehead atoms. The molecule has 0 aromatic carbocycles. The van der Waals surface area contributed by atoms with E-state index in [-0.39, 0.29) is 15.3 Å². The quantitative estimate of drug-likeness (QED) is 0.728. The van der Waals surface area contributed by atoms with Gasteiger partial charge in [-0.05, 0) is 29.8 Å². The molecule has 0 unspecified atom stereocenters. The van der Waals surface area contributed by atoms with Gasteiger partial charge in [0.15, 0.2) is 10.4 Å². The molecule has 0 spiro atoms. The van der Waals surface area contributed by atoms with Gasteiger partial charge >= 0.3 is 0 Å². The van der Waals surface area contributed by atoms with Gasteiger partial charge in [0, 0.05) is 25.8 Å². The van der Waals surface area contributed by atoms with Crippen molar-refractivity contribution < 1.29 is 22.4 Å². The van der Waals surface area contributed by atoms with Crippen LogP contribution >= 0.6 is 15.9 Å². The second-order valence-corrected chi connectivity index (χ2v) is 6.13. The molecule has 7 nitrogen and oxygen atoms in total. The SMILES string of the molecule is CCOCCN(CC)C(=O)c1cc(S(N)(=O)=O)c(Br)o1. The number of halogens is 1. The van der Waals surface area contributed by atoms with E-state index in [1.54, 1.807) is 0 Å². The third-order valence-corrected chi connectivity index (χ3v) is 4.32. The van der Waals surface area contributed by atoms with Gasteiger partial charge in [0.2, 0.25) is 10.0 Å². The molecule has 114 valence electrons. The maximum absolute atomic E-state index is 12.2. The van der Waals surface area contributed by atoms with Gasteiger partial charge in [-0.15, -0.1) is 0 Å². The first-order chi connectivity index (χ1) is 9.31. The van der Waals surface area contributed by atoms with Crippen LogP contribution in [0.2, 0.25) is 0 Å². The molecule has 2 N–H and O–H groups in total. The van der Waals surface area contributed by atoms with E-state index < -0.39 is 15.9 Å². The third-order valence-electron chi connectivity index (χ3n) is 2.55. The van der Waals surface area contributed by atoms with E-state index in [0.29, 0.717) is 26.3 Å². The lowest BCUT2D eigenvalue weighted by Gasteiger charge is -2.19. The van der Waals surface area contributed by atoms with Crippen molar-refractivity contribution in [3.8, 4) is 0 Å². The molecule has 9 heteroatoms. The average Bonchev–Trinajstić information content (AvgIpc) is 2.76. The fourth-order valence-electron chi connectivity index (χ4n) is 1.53. The molecule has 0 saturated heterocycles. The van der Waals surface area contributed by atoms with Gasteiger partial charge in [0.1, 0.15) is 4.90 Å². The molecule has 1 aromatic rings. The minimum atomic E-state index is -3.94. The monoisotopic (exact) mass is 368 g/mol. The number of rotatable bonds is 7. The molecular formula is C11H17BrN2O5S. The summed E-state index contributed by atoms with van der Waals surface area (Å²) in [6.45, 7) is 5.48. The summed E-state index contributed by atoms with van der Waals surface area (Å²) < 4.78 is 32.8. The molecular weight excluding hydrogens is 352 g/mol. The van der Waals surface area contributed by atoms with Gasteiger partial charge in [-0.3, -0.25) is 4.79 Å². The fourth-order valence-corrected chi connectivity index (χ4v) is 3.03. The summed E-state index contributed by atoms with van der Waals surface area (Å²) in [6.07, 6.45) is 0. The van der Waals surface area contributed by atoms with Gasteiger partial charge in [0.25, 0.3) is 5.91 Å². The van der Waals surface area contributed by atoms with Crippen molar-refractivity contribution in [2.24, 2.45) is 5.14 Å². The first kappa shape index (κ1) is 17.2. The molecule has 1 heterocycles. The molecule has 1 aromatic heterocycles. The van der Waals surface area contributed by atoms with Crippen LogP contribution in [0.3, 0.4) is 0 Å². The van der Waals surface area contributed by atoms with Crippen LogP contribution in [0.4, 0.5) is 0 Å². The number of nitrogens with two attached hydrogens (primary N) is 1. The maximum Gasteiger partial charge on any atom is 0.289 e. The largest absolute Gasteiger partial charge is 0.443 e.